The van der Waals surface area contributed by atoms with Gasteiger partial charge >= 0.3 is 0 Å². The molecule has 78 valence electrons. The molecule has 15 heavy (non-hydrogen) atoms. The second-order valence-corrected chi connectivity index (χ2v) is 3.76. The van der Waals surface area contributed by atoms with Crippen molar-refractivity contribution in [1.29, 1.82) is 0 Å². The molecule has 0 saturated heterocycles. The minimum absolute atomic E-state index is 0.524. The van der Waals surface area contributed by atoms with Crippen LogP contribution in [0.4, 0.5) is 0 Å². The van der Waals surface area contributed by atoms with E-state index in [1.54, 1.807) is 6.26 Å². The maximum Gasteiger partial charge on any atom is 0.135 e. The van der Waals surface area contributed by atoms with Crippen LogP contribution in [-0.4, -0.2) is 4.98 Å². The zero-order valence-electron chi connectivity index (χ0n) is 9.10. The first kappa shape index (κ1) is 9.97. The van der Waals surface area contributed by atoms with Gasteiger partial charge in [-0.15, -0.1) is 0 Å². The van der Waals surface area contributed by atoms with E-state index in [-0.39, 0.29) is 0 Å². The molecular formula is C13H15NO. The molecule has 2 heteroatoms. The molecule has 0 aliphatic rings. The van der Waals surface area contributed by atoms with Gasteiger partial charge in [-0.05, 0) is 36.6 Å². The van der Waals surface area contributed by atoms with E-state index in [1.165, 1.54) is 0 Å². The van der Waals surface area contributed by atoms with Gasteiger partial charge in [-0.3, -0.25) is 4.98 Å². The van der Waals surface area contributed by atoms with E-state index >= 15 is 0 Å². The number of nitrogens with zero attached hydrogens (tertiary/aromatic N) is 1. The minimum atomic E-state index is 0.524. The van der Waals surface area contributed by atoms with E-state index < -0.39 is 0 Å². The monoisotopic (exact) mass is 201 g/mol. The fraction of sp³-hybridized carbons (Fsp3) is 0.308. The topological polar surface area (TPSA) is 26.0 Å². The molecule has 0 N–H and O–H groups in total. The van der Waals surface area contributed by atoms with Gasteiger partial charge < -0.3 is 4.42 Å². The summed E-state index contributed by atoms with van der Waals surface area (Å²) in [6, 6.07) is 7.97. The third kappa shape index (κ3) is 2.09. The SMILES string of the molecule is CCC(C)c1ccc(-c2ccco2)cn1. The molecule has 0 aliphatic carbocycles. The Morgan fingerprint density at radius 1 is 1.33 bits per heavy atom. The summed E-state index contributed by atoms with van der Waals surface area (Å²) >= 11 is 0. The van der Waals surface area contributed by atoms with Gasteiger partial charge in [-0.25, -0.2) is 0 Å². The lowest BCUT2D eigenvalue weighted by Crippen LogP contribution is -1.94. The van der Waals surface area contributed by atoms with E-state index in [2.05, 4.69) is 31.0 Å². The zero-order valence-corrected chi connectivity index (χ0v) is 9.10. The number of pyridine rings is 1. The molecule has 0 saturated carbocycles. The van der Waals surface area contributed by atoms with Gasteiger partial charge in [0, 0.05) is 17.5 Å². The van der Waals surface area contributed by atoms with Gasteiger partial charge in [-0.1, -0.05) is 13.8 Å². The minimum Gasteiger partial charge on any atom is -0.464 e. The van der Waals surface area contributed by atoms with Crippen molar-refractivity contribution in [2.45, 2.75) is 26.2 Å². The summed E-state index contributed by atoms with van der Waals surface area (Å²) in [6.07, 6.45) is 4.67. The lowest BCUT2D eigenvalue weighted by atomic mass is 10.0. The average Bonchev–Trinajstić information content (AvgIpc) is 2.82. The van der Waals surface area contributed by atoms with Gasteiger partial charge in [0.2, 0.25) is 0 Å². The van der Waals surface area contributed by atoms with E-state index in [0.717, 1.165) is 23.4 Å². The van der Waals surface area contributed by atoms with Crippen molar-refractivity contribution in [3.8, 4) is 11.3 Å². The standard InChI is InChI=1S/C13H15NO/c1-3-10(2)12-7-6-11(9-14-12)13-5-4-8-15-13/h4-10H,3H2,1-2H3. The summed E-state index contributed by atoms with van der Waals surface area (Å²) in [5.41, 5.74) is 2.18. The Bertz CT molecular complexity index is 403. The van der Waals surface area contributed by atoms with Crippen molar-refractivity contribution in [2.75, 3.05) is 0 Å². The van der Waals surface area contributed by atoms with Crippen molar-refractivity contribution < 1.29 is 4.42 Å². The lowest BCUT2D eigenvalue weighted by molar-refractivity contribution is 0.582. The zero-order chi connectivity index (χ0) is 10.7. The fourth-order valence-corrected chi connectivity index (χ4v) is 1.49. The Balaban J connectivity index is 2.25. The van der Waals surface area contributed by atoms with Gasteiger partial charge in [0.1, 0.15) is 5.76 Å². The van der Waals surface area contributed by atoms with Gasteiger partial charge in [-0.2, -0.15) is 0 Å². The summed E-state index contributed by atoms with van der Waals surface area (Å²) in [4.78, 5) is 4.45. The molecule has 1 unspecified atom stereocenters. The number of hydrogen-bond acceptors (Lipinski definition) is 2. The molecule has 0 amide bonds. The third-order valence-corrected chi connectivity index (χ3v) is 2.71. The molecular weight excluding hydrogens is 186 g/mol. The van der Waals surface area contributed by atoms with Crippen molar-refractivity contribution in [2.24, 2.45) is 0 Å². The van der Waals surface area contributed by atoms with Crippen LogP contribution in [0, 0.1) is 0 Å². The fourth-order valence-electron chi connectivity index (χ4n) is 1.49. The van der Waals surface area contributed by atoms with Crippen LogP contribution in [0.25, 0.3) is 11.3 Å². The second kappa shape index (κ2) is 4.30. The van der Waals surface area contributed by atoms with Crippen molar-refractivity contribution >= 4 is 0 Å². The Morgan fingerprint density at radius 3 is 2.73 bits per heavy atom. The normalized spacial score (nSPS) is 12.7. The van der Waals surface area contributed by atoms with Crippen molar-refractivity contribution in [3.63, 3.8) is 0 Å². The summed E-state index contributed by atoms with van der Waals surface area (Å²) < 4.78 is 5.31. The van der Waals surface area contributed by atoms with Gasteiger partial charge in [0.25, 0.3) is 0 Å². The van der Waals surface area contributed by atoms with E-state index in [9.17, 15) is 0 Å². The average molecular weight is 201 g/mol. The van der Waals surface area contributed by atoms with Crippen LogP contribution in [-0.2, 0) is 0 Å². The van der Waals surface area contributed by atoms with Crippen LogP contribution in [0.2, 0.25) is 0 Å². The first-order chi connectivity index (χ1) is 7.31. The maximum atomic E-state index is 5.31. The summed E-state index contributed by atoms with van der Waals surface area (Å²) in [5.74, 6) is 1.40. The van der Waals surface area contributed by atoms with E-state index in [0.29, 0.717) is 5.92 Å². The highest BCUT2D eigenvalue weighted by Gasteiger charge is 2.05. The second-order valence-electron chi connectivity index (χ2n) is 3.76. The summed E-state index contributed by atoms with van der Waals surface area (Å²) in [7, 11) is 0. The predicted octanol–water partition coefficient (Wildman–Crippen LogP) is 3.86. The quantitative estimate of drug-likeness (QED) is 0.753. The van der Waals surface area contributed by atoms with Crippen LogP contribution < -0.4 is 0 Å². The van der Waals surface area contributed by atoms with Crippen LogP contribution >= 0.6 is 0 Å². The highest BCUT2D eigenvalue weighted by Crippen LogP contribution is 2.22. The van der Waals surface area contributed by atoms with Crippen LogP contribution in [0.15, 0.2) is 41.1 Å². The van der Waals surface area contributed by atoms with Crippen LogP contribution in [0.1, 0.15) is 31.9 Å². The lowest BCUT2D eigenvalue weighted by Gasteiger charge is -2.07. The summed E-state index contributed by atoms with van der Waals surface area (Å²) in [6.45, 7) is 4.36. The Labute approximate surface area is 90.0 Å². The number of furan rings is 1. The first-order valence-electron chi connectivity index (χ1n) is 5.31. The Hall–Kier alpha value is -1.57. The molecule has 2 aromatic heterocycles. The molecule has 0 aliphatic heterocycles. The molecule has 0 aromatic carbocycles. The van der Waals surface area contributed by atoms with Gasteiger partial charge in [0.05, 0.1) is 6.26 Å². The Kier molecular flexibility index (Phi) is 2.86. The van der Waals surface area contributed by atoms with Gasteiger partial charge in [0.15, 0.2) is 0 Å². The van der Waals surface area contributed by atoms with Crippen molar-refractivity contribution in [1.82, 2.24) is 4.98 Å². The van der Waals surface area contributed by atoms with Crippen molar-refractivity contribution in [3.05, 3.63) is 42.4 Å². The molecule has 2 rings (SSSR count). The number of rotatable bonds is 3. The highest BCUT2D eigenvalue weighted by molar-refractivity contribution is 5.55. The first-order valence-corrected chi connectivity index (χ1v) is 5.31. The third-order valence-electron chi connectivity index (χ3n) is 2.71. The predicted molar refractivity (Wildman–Crippen MR) is 60.6 cm³/mol. The molecule has 2 nitrogen and oxygen atoms in total. The molecule has 0 radical (unpaired) electrons. The molecule has 0 bridgehead atoms. The smallest absolute Gasteiger partial charge is 0.135 e. The number of aromatic nitrogens is 1. The van der Waals surface area contributed by atoms with E-state index in [4.69, 9.17) is 4.42 Å². The molecule has 0 fully saturated rings. The molecule has 2 heterocycles. The van der Waals surface area contributed by atoms with E-state index in [1.807, 2.05) is 18.3 Å². The van der Waals surface area contributed by atoms with Crippen LogP contribution in [0.3, 0.4) is 0 Å². The Morgan fingerprint density at radius 2 is 2.20 bits per heavy atom. The van der Waals surface area contributed by atoms with Crippen LogP contribution in [0.5, 0.6) is 0 Å². The largest absolute Gasteiger partial charge is 0.464 e. The highest BCUT2D eigenvalue weighted by atomic mass is 16.3. The molecule has 2 aromatic rings. The maximum absolute atomic E-state index is 5.31. The molecule has 0 spiro atoms. The summed E-state index contributed by atoms with van der Waals surface area (Å²) in [5, 5.41) is 0. The number of hydrogen-bond donors (Lipinski definition) is 0. The molecule has 1 atom stereocenters.